The topological polar surface area (TPSA) is 102 Å². The van der Waals surface area contributed by atoms with E-state index in [-0.39, 0.29) is 31.3 Å². The molecule has 0 N–H and O–H groups in total. The van der Waals surface area contributed by atoms with Crippen molar-refractivity contribution in [1.82, 2.24) is 14.8 Å². The molecule has 0 aliphatic rings. The SMILES string of the molecule is CCOC(=O)c1cn(Cc2ccccc2)nc1OCc1cccc(OCc2nc(-c3ccco3)oc2C)c1. The summed E-state index contributed by atoms with van der Waals surface area (Å²) >= 11 is 0. The summed E-state index contributed by atoms with van der Waals surface area (Å²) in [5, 5.41) is 4.49. The van der Waals surface area contributed by atoms with E-state index < -0.39 is 5.97 Å². The average Bonchev–Trinajstić information content (AvgIpc) is 3.68. The van der Waals surface area contributed by atoms with E-state index in [1.807, 2.05) is 61.5 Å². The number of oxazole rings is 1. The third-order valence-corrected chi connectivity index (χ3v) is 5.68. The van der Waals surface area contributed by atoms with Gasteiger partial charge in [-0.1, -0.05) is 42.5 Å². The van der Waals surface area contributed by atoms with Crippen LogP contribution >= 0.6 is 0 Å². The van der Waals surface area contributed by atoms with Crippen LogP contribution in [0.1, 0.15) is 39.9 Å². The molecular weight excluding hydrogens is 486 g/mol. The molecule has 0 atom stereocenters. The summed E-state index contributed by atoms with van der Waals surface area (Å²) in [6.07, 6.45) is 3.22. The monoisotopic (exact) mass is 513 g/mol. The summed E-state index contributed by atoms with van der Waals surface area (Å²) in [5.74, 6) is 2.02. The van der Waals surface area contributed by atoms with Gasteiger partial charge in [0.25, 0.3) is 5.89 Å². The van der Waals surface area contributed by atoms with E-state index >= 15 is 0 Å². The summed E-state index contributed by atoms with van der Waals surface area (Å²) in [7, 11) is 0. The normalized spacial score (nSPS) is 10.9. The van der Waals surface area contributed by atoms with Gasteiger partial charge in [0.05, 0.1) is 19.4 Å². The maximum Gasteiger partial charge on any atom is 0.345 e. The van der Waals surface area contributed by atoms with Gasteiger partial charge in [0.1, 0.15) is 36.0 Å². The van der Waals surface area contributed by atoms with Gasteiger partial charge in [0, 0.05) is 6.20 Å². The molecule has 0 spiro atoms. The van der Waals surface area contributed by atoms with Crippen LogP contribution in [0.3, 0.4) is 0 Å². The van der Waals surface area contributed by atoms with Gasteiger partial charge in [0.2, 0.25) is 5.88 Å². The van der Waals surface area contributed by atoms with Crippen LogP contribution in [0, 0.1) is 6.92 Å². The first kappa shape index (κ1) is 24.9. The minimum atomic E-state index is -0.476. The lowest BCUT2D eigenvalue weighted by molar-refractivity contribution is 0.0521. The molecular formula is C29H27N3O6. The molecule has 5 rings (SSSR count). The van der Waals surface area contributed by atoms with E-state index in [4.69, 9.17) is 23.0 Å². The van der Waals surface area contributed by atoms with Crippen molar-refractivity contribution in [2.75, 3.05) is 6.61 Å². The number of carbonyl (C=O) groups excluding carboxylic acids is 1. The Morgan fingerprint density at radius 1 is 0.974 bits per heavy atom. The number of ether oxygens (including phenoxy) is 3. The number of carbonyl (C=O) groups is 1. The van der Waals surface area contributed by atoms with Crippen molar-refractivity contribution in [3.05, 3.63) is 107 Å². The zero-order valence-electron chi connectivity index (χ0n) is 21.1. The van der Waals surface area contributed by atoms with Gasteiger partial charge in [-0.05, 0) is 49.2 Å². The lowest BCUT2D eigenvalue weighted by Gasteiger charge is -2.09. The lowest BCUT2D eigenvalue weighted by atomic mass is 10.2. The molecule has 0 amide bonds. The summed E-state index contributed by atoms with van der Waals surface area (Å²) in [4.78, 5) is 17.0. The third kappa shape index (κ3) is 5.95. The number of aromatic nitrogens is 3. The molecule has 0 fully saturated rings. The highest BCUT2D eigenvalue weighted by Crippen LogP contribution is 2.24. The minimum absolute atomic E-state index is 0.192. The van der Waals surface area contributed by atoms with Gasteiger partial charge >= 0.3 is 5.97 Å². The van der Waals surface area contributed by atoms with Crippen LogP contribution in [0.15, 0.2) is 88.0 Å². The molecule has 0 unspecified atom stereocenters. The quantitative estimate of drug-likeness (QED) is 0.204. The highest BCUT2D eigenvalue weighted by atomic mass is 16.5. The van der Waals surface area contributed by atoms with Crippen molar-refractivity contribution in [3.63, 3.8) is 0 Å². The molecule has 9 nitrogen and oxygen atoms in total. The number of aryl methyl sites for hydroxylation is 1. The minimum Gasteiger partial charge on any atom is -0.487 e. The first-order chi connectivity index (χ1) is 18.6. The fourth-order valence-electron chi connectivity index (χ4n) is 3.81. The molecule has 0 saturated carbocycles. The Morgan fingerprint density at radius 2 is 1.82 bits per heavy atom. The molecule has 0 aliphatic carbocycles. The van der Waals surface area contributed by atoms with Gasteiger partial charge in [-0.3, -0.25) is 4.68 Å². The Hall–Kier alpha value is -4.79. The summed E-state index contributed by atoms with van der Waals surface area (Å²) in [6, 6.07) is 20.9. The Labute approximate surface area is 219 Å². The van der Waals surface area contributed by atoms with E-state index in [0.717, 1.165) is 11.1 Å². The predicted molar refractivity (Wildman–Crippen MR) is 138 cm³/mol. The van der Waals surface area contributed by atoms with Crippen LogP contribution in [0.5, 0.6) is 11.6 Å². The van der Waals surface area contributed by atoms with Crippen molar-refractivity contribution in [3.8, 4) is 23.3 Å². The van der Waals surface area contributed by atoms with Crippen molar-refractivity contribution in [2.45, 2.75) is 33.6 Å². The molecule has 3 aromatic heterocycles. The van der Waals surface area contributed by atoms with Crippen molar-refractivity contribution >= 4 is 5.97 Å². The number of furan rings is 1. The second-order valence-corrected chi connectivity index (χ2v) is 8.48. The van der Waals surface area contributed by atoms with E-state index in [0.29, 0.717) is 35.4 Å². The number of hydrogen-bond donors (Lipinski definition) is 0. The molecule has 38 heavy (non-hydrogen) atoms. The van der Waals surface area contributed by atoms with Crippen molar-refractivity contribution in [2.24, 2.45) is 0 Å². The molecule has 2 aromatic carbocycles. The fraction of sp³-hybridized carbons (Fsp3) is 0.207. The van der Waals surface area contributed by atoms with Gasteiger partial charge in [-0.15, -0.1) is 5.10 Å². The molecule has 9 heteroatoms. The van der Waals surface area contributed by atoms with E-state index in [1.54, 1.807) is 36.2 Å². The first-order valence-electron chi connectivity index (χ1n) is 12.2. The largest absolute Gasteiger partial charge is 0.487 e. The molecule has 0 bridgehead atoms. The van der Waals surface area contributed by atoms with E-state index in [1.165, 1.54) is 0 Å². The standard InChI is InChI=1S/C29H27N3O6/c1-3-34-29(33)24-17-32(16-21-9-5-4-6-10-21)31-27(24)37-18-22-11-7-12-23(15-22)36-19-25-20(2)38-28(30-25)26-13-8-14-35-26/h4-15,17H,3,16,18-19H2,1-2H3. The van der Waals surface area contributed by atoms with E-state index in [9.17, 15) is 4.79 Å². The molecule has 3 heterocycles. The van der Waals surface area contributed by atoms with Crippen LogP contribution in [0.4, 0.5) is 0 Å². The third-order valence-electron chi connectivity index (χ3n) is 5.68. The fourth-order valence-corrected chi connectivity index (χ4v) is 3.81. The highest BCUT2D eigenvalue weighted by molar-refractivity contribution is 5.91. The Morgan fingerprint density at radius 3 is 2.61 bits per heavy atom. The average molecular weight is 514 g/mol. The lowest BCUT2D eigenvalue weighted by Crippen LogP contribution is -2.06. The Bertz CT molecular complexity index is 1490. The second-order valence-electron chi connectivity index (χ2n) is 8.48. The Balaban J connectivity index is 1.25. The zero-order chi connectivity index (χ0) is 26.3. The summed E-state index contributed by atoms with van der Waals surface area (Å²) < 4.78 is 29.8. The number of nitrogens with zero attached hydrogens (tertiary/aromatic N) is 3. The van der Waals surface area contributed by atoms with Crippen LogP contribution < -0.4 is 9.47 Å². The van der Waals surface area contributed by atoms with Crippen LogP contribution in [0.2, 0.25) is 0 Å². The molecule has 0 aliphatic heterocycles. The van der Waals surface area contributed by atoms with Crippen molar-refractivity contribution in [1.29, 1.82) is 0 Å². The van der Waals surface area contributed by atoms with Crippen LogP contribution in [-0.2, 0) is 24.5 Å². The predicted octanol–water partition coefficient (Wildman–Crippen LogP) is 5.82. The number of hydrogen-bond acceptors (Lipinski definition) is 8. The number of benzene rings is 2. The number of rotatable bonds is 11. The molecule has 5 aromatic rings. The Kier molecular flexibility index (Phi) is 7.54. The summed E-state index contributed by atoms with van der Waals surface area (Å²) in [6.45, 7) is 4.78. The molecule has 194 valence electrons. The maximum atomic E-state index is 12.5. The van der Waals surface area contributed by atoms with Crippen LogP contribution in [0.25, 0.3) is 11.7 Å². The maximum absolute atomic E-state index is 12.5. The van der Waals surface area contributed by atoms with Crippen molar-refractivity contribution < 1.29 is 27.8 Å². The molecule has 0 saturated heterocycles. The summed E-state index contributed by atoms with van der Waals surface area (Å²) in [5.41, 5.74) is 2.87. The zero-order valence-corrected chi connectivity index (χ0v) is 21.1. The smallest absolute Gasteiger partial charge is 0.345 e. The first-order valence-corrected chi connectivity index (χ1v) is 12.2. The molecule has 0 radical (unpaired) electrons. The van der Waals surface area contributed by atoms with Gasteiger partial charge in [0.15, 0.2) is 5.76 Å². The van der Waals surface area contributed by atoms with Crippen LogP contribution in [-0.4, -0.2) is 27.3 Å². The van der Waals surface area contributed by atoms with Gasteiger partial charge in [-0.25, -0.2) is 9.78 Å². The van der Waals surface area contributed by atoms with E-state index in [2.05, 4.69) is 10.1 Å². The highest BCUT2D eigenvalue weighted by Gasteiger charge is 2.20. The van der Waals surface area contributed by atoms with Gasteiger partial charge < -0.3 is 23.0 Å². The second kappa shape index (κ2) is 11.5. The number of esters is 1. The van der Waals surface area contributed by atoms with Gasteiger partial charge in [-0.2, -0.15) is 0 Å².